The highest BCUT2D eigenvalue weighted by molar-refractivity contribution is 5.75. The minimum absolute atomic E-state index is 0.338. The van der Waals surface area contributed by atoms with Crippen molar-refractivity contribution in [1.82, 2.24) is 0 Å². The van der Waals surface area contributed by atoms with Gasteiger partial charge in [-0.2, -0.15) is 0 Å². The Bertz CT molecular complexity index is 439. The number of anilines is 1. The number of carboxylic acids is 1. The van der Waals surface area contributed by atoms with Crippen molar-refractivity contribution in [3.05, 3.63) is 24.3 Å². The summed E-state index contributed by atoms with van der Waals surface area (Å²) in [5.74, 6) is -0.242. The second-order valence-electron chi connectivity index (χ2n) is 4.90. The van der Waals surface area contributed by atoms with Crippen LogP contribution >= 0.6 is 0 Å². The van der Waals surface area contributed by atoms with Crippen LogP contribution in [-0.2, 0) is 4.79 Å². The molecule has 1 fully saturated rings. The van der Waals surface area contributed by atoms with Crippen molar-refractivity contribution < 1.29 is 19.0 Å². The smallest absolute Gasteiger partial charge is 0.312 e. The molecule has 0 spiro atoms. The number of nitrogens with zero attached hydrogens (tertiary/aromatic N) is 1. The minimum Gasteiger partial charge on any atom is -0.497 e. The van der Waals surface area contributed by atoms with Crippen molar-refractivity contribution in [3.63, 3.8) is 0 Å². The quantitative estimate of drug-likeness (QED) is 0.909. The molecule has 1 aromatic rings. The molecule has 0 radical (unpaired) electrons. The fourth-order valence-electron chi connectivity index (χ4n) is 2.39. The van der Waals surface area contributed by atoms with Gasteiger partial charge in [-0.05, 0) is 37.1 Å². The number of ether oxygens (including phenoxy) is 1. The third kappa shape index (κ3) is 2.64. The van der Waals surface area contributed by atoms with E-state index in [0.717, 1.165) is 11.4 Å². The number of methoxy groups -OCH3 is 1. The molecule has 1 aliphatic heterocycles. The van der Waals surface area contributed by atoms with E-state index < -0.39 is 18.1 Å². The first-order valence-electron chi connectivity index (χ1n) is 6.30. The van der Waals surface area contributed by atoms with Gasteiger partial charge in [0.2, 0.25) is 0 Å². The lowest BCUT2D eigenvalue weighted by Gasteiger charge is -2.38. The zero-order valence-corrected chi connectivity index (χ0v) is 10.9. The highest BCUT2D eigenvalue weighted by Crippen LogP contribution is 2.34. The number of halogens is 1. The molecule has 1 aliphatic rings. The molecule has 19 heavy (non-hydrogen) atoms. The van der Waals surface area contributed by atoms with Crippen molar-refractivity contribution >= 4 is 11.7 Å². The maximum Gasteiger partial charge on any atom is 0.312 e. The molecule has 2 rings (SSSR count). The number of alkyl halides is 1. The van der Waals surface area contributed by atoms with Crippen LogP contribution in [-0.4, -0.2) is 37.9 Å². The second kappa shape index (κ2) is 5.47. The zero-order valence-electron chi connectivity index (χ0n) is 10.9. The average Bonchev–Trinajstić information content (AvgIpc) is 2.47. The first-order chi connectivity index (χ1) is 9.11. The van der Waals surface area contributed by atoms with E-state index in [2.05, 4.69) is 4.90 Å². The number of benzene rings is 1. The van der Waals surface area contributed by atoms with Gasteiger partial charge >= 0.3 is 5.97 Å². The lowest BCUT2D eigenvalue weighted by molar-refractivity contribution is -0.151. The van der Waals surface area contributed by atoms with Gasteiger partial charge in [0, 0.05) is 18.8 Å². The monoisotopic (exact) mass is 267 g/mol. The van der Waals surface area contributed by atoms with Gasteiger partial charge < -0.3 is 14.7 Å². The molecule has 5 heteroatoms. The summed E-state index contributed by atoms with van der Waals surface area (Å²) in [6.07, 6.45) is 0.676. The number of rotatable bonds is 4. The van der Waals surface area contributed by atoms with Crippen molar-refractivity contribution in [3.8, 4) is 5.75 Å². The molecule has 104 valence electrons. The molecule has 0 aliphatic carbocycles. The Labute approximate surface area is 111 Å². The fourth-order valence-corrected chi connectivity index (χ4v) is 2.39. The van der Waals surface area contributed by atoms with Crippen LogP contribution in [0.3, 0.4) is 0 Å². The van der Waals surface area contributed by atoms with Gasteiger partial charge in [-0.3, -0.25) is 4.79 Å². The van der Waals surface area contributed by atoms with Crippen LogP contribution in [0.2, 0.25) is 0 Å². The largest absolute Gasteiger partial charge is 0.497 e. The Morgan fingerprint density at radius 2 is 1.95 bits per heavy atom. The highest BCUT2D eigenvalue weighted by atomic mass is 19.1. The summed E-state index contributed by atoms with van der Waals surface area (Å²) in [5, 5.41) is 9.14. The summed E-state index contributed by atoms with van der Waals surface area (Å²) >= 11 is 0. The van der Waals surface area contributed by atoms with E-state index >= 15 is 0 Å². The molecule has 1 aromatic carbocycles. The van der Waals surface area contributed by atoms with Gasteiger partial charge in [-0.1, -0.05) is 0 Å². The molecule has 4 nitrogen and oxygen atoms in total. The van der Waals surface area contributed by atoms with Gasteiger partial charge in [0.15, 0.2) is 0 Å². The zero-order chi connectivity index (χ0) is 13.9. The third-order valence-electron chi connectivity index (χ3n) is 3.87. The third-order valence-corrected chi connectivity index (χ3v) is 3.87. The normalized spacial score (nSPS) is 18.1. The summed E-state index contributed by atoms with van der Waals surface area (Å²) < 4.78 is 18.1. The van der Waals surface area contributed by atoms with Gasteiger partial charge in [0.25, 0.3) is 0 Å². The van der Waals surface area contributed by atoms with Crippen LogP contribution in [0.25, 0.3) is 0 Å². The molecular formula is C14H18FNO3. The maximum absolute atomic E-state index is 13.0. The molecule has 0 aromatic heterocycles. The van der Waals surface area contributed by atoms with Crippen LogP contribution in [0.15, 0.2) is 24.3 Å². The van der Waals surface area contributed by atoms with Crippen LogP contribution in [0.5, 0.6) is 5.75 Å². The minimum atomic E-state index is -1.19. The number of hydrogen-bond donors (Lipinski definition) is 1. The van der Waals surface area contributed by atoms with Crippen molar-refractivity contribution in [2.75, 3.05) is 31.8 Å². The SMILES string of the molecule is COc1ccc(N2CCC(CF)(C(=O)O)CC2)cc1. The van der Waals surface area contributed by atoms with Crippen LogP contribution in [0.1, 0.15) is 12.8 Å². The Kier molecular flexibility index (Phi) is 3.93. The van der Waals surface area contributed by atoms with E-state index in [1.165, 1.54) is 0 Å². The molecule has 1 saturated heterocycles. The number of carboxylic acid groups (broad SMARTS) is 1. The lowest BCUT2D eigenvalue weighted by Crippen LogP contribution is -2.45. The first-order valence-corrected chi connectivity index (χ1v) is 6.30. The number of hydrogen-bond acceptors (Lipinski definition) is 3. The Balaban J connectivity index is 2.04. The summed E-state index contributed by atoms with van der Waals surface area (Å²) in [7, 11) is 1.61. The van der Waals surface area contributed by atoms with E-state index in [0.29, 0.717) is 25.9 Å². The molecule has 1 heterocycles. The fraction of sp³-hybridized carbons (Fsp3) is 0.500. The Hall–Kier alpha value is -1.78. The lowest BCUT2D eigenvalue weighted by atomic mass is 9.79. The number of carbonyl (C=O) groups is 1. The van der Waals surface area contributed by atoms with E-state index in [-0.39, 0.29) is 0 Å². The van der Waals surface area contributed by atoms with Crippen molar-refractivity contribution in [2.24, 2.45) is 5.41 Å². The summed E-state index contributed by atoms with van der Waals surface area (Å²) in [5.41, 5.74) is -0.179. The first kappa shape index (κ1) is 13.6. The predicted octanol–water partition coefficient (Wildman–Crippen LogP) is 2.34. The maximum atomic E-state index is 13.0. The van der Waals surface area contributed by atoms with Gasteiger partial charge in [0.05, 0.1) is 12.5 Å². The standard InChI is InChI=1S/C14H18FNO3/c1-19-12-4-2-11(3-5-12)16-8-6-14(10-15,7-9-16)13(17)18/h2-5H,6-10H2,1H3,(H,17,18). The highest BCUT2D eigenvalue weighted by Gasteiger charge is 2.41. The molecule has 0 unspecified atom stereocenters. The second-order valence-corrected chi connectivity index (χ2v) is 4.90. The van der Waals surface area contributed by atoms with Crippen LogP contribution in [0.4, 0.5) is 10.1 Å². The van der Waals surface area contributed by atoms with E-state index in [1.807, 2.05) is 24.3 Å². The van der Waals surface area contributed by atoms with E-state index in [1.54, 1.807) is 7.11 Å². The number of aliphatic carboxylic acids is 1. The number of piperidine rings is 1. The van der Waals surface area contributed by atoms with Gasteiger partial charge in [-0.25, -0.2) is 4.39 Å². The molecule has 1 N–H and O–H groups in total. The average molecular weight is 267 g/mol. The van der Waals surface area contributed by atoms with Crippen molar-refractivity contribution in [1.29, 1.82) is 0 Å². The molecule has 0 atom stereocenters. The molecule has 0 saturated carbocycles. The molecule has 0 bridgehead atoms. The molecular weight excluding hydrogens is 249 g/mol. The van der Waals surface area contributed by atoms with Gasteiger partial charge in [0.1, 0.15) is 12.4 Å². The topological polar surface area (TPSA) is 49.8 Å². The predicted molar refractivity (Wildman–Crippen MR) is 70.5 cm³/mol. The Morgan fingerprint density at radius 3 is 2.37 bits per heavy atom. The van der Waals surface area contributed by atoms with Crippen LogP contribution < -0.4 is 9.64 Å². The van der Waals surface area contributed by atoms with Crippen LogP contribution in [0, 0.1) is 5.41 Å². The Morgan fingerprint density at radius 1 is 1.37 bits per heavy atom. The summed E-state index contributed by atoms with van der Waals surface area (Å²) in [4.78, 5) is 13.2. The van der Waals surface area contributed by atoms with E-state index in [4.69, 9.17) is 9.84 Å². The van der Waals surface area contributed by atoms with Crippen molar-refractivity contribution in [2.45, 2.75) is 12.8 Å². The van der Waals surface area contributed by atoms with E-state index in [9.17, 15) is 9.18 Å². The molecule has 0 amide bonds. The van der Waals surface area contributed by atoms with Gasteiger partial charge in [-0.15, -0.1) is 0 Å². The summed E-state index contributed by atoms with van der Waals surface area (Å²) in [6, 6.07) is 7.59. The summed E-state index contributed by atoms with van der Waals surface area (Å²) in [6.45, 7) is 0.323.